The Hall–Kier alpha value is -2.94. The van der Waals surface area contributed by atoms with E-state index in [-0.39, 0.29) is 11.8 Å². The second-order valence-corrected chi connectivity index (χ2v) is 8.05. The van der Waals surface area contributed by atoms with Crippen molar-refractivity contribution >= 4 is 29.2 Å². The van der Waals surface area contributed by atoms with Crippen LogP contribution >= 0.6 is 0 Å². The highest BCUT2D eigenvalue weighted by atomic mass is 16.3. The highest BCUT2D eigenvalue weighted by Gasteiger charge is 2.25. The molecule has 31 heavy (non-hydrogen) atoms. The molecule has 8 heteroatoms. The number of rotatable bonds is 6. The number of aryl methyl sites for hydroxylation is 1. The zero-order valence-electron chi connectivity index (χ0n) is 17.9. The Morgan fingerprint density at radius 1 is 1.32 bits per heavy atom. The fourth-order valence-corrected chi connectivity index (χ4v) is 4.26. The van der Waals surface area contributed by atoms with Gasteiger partial charge in [0.1, 0.15) is 0 Å². The highest BCUT2D eigenvalue weighted by molar-refractivity contribution is 6.34. The van der Waals surface area contributed by atoms with Gasteiger partial charge in [0.2, 0.25) is 0 Å². The number of aromatic nitrogens is 1. The van der Waals surface area contributed by atoms with Crippen molar-refractivity contribution in [3.05, 3.63) is 52.3 Å². The van der Waals surface area contributed by atoms with Gasteiger partial charge in [0.15, 0.2) is 6.35 Å². The van der Waals surface area contributed by atoms with Gasteiger partial charge in [-0.05, 0) is 50.9 Å². The summed E-state index contributed by atoms with van der Waals surface area (Å²) in [6.45, 7) is 6.67. The maximum absolute atomic E-state index is 12.8. The van der Waals surface area contributed by atoms with Crippen molar-refractivity contribution in [1.82, 2.24) is 20.5 Å². The van der Waals surface area contributed by atoms with Crippen LogP contribution in [-0.2, 0) is 4.79 Å². The quantitative estimate of drug-likeness (QED) is 0.360. The third kappa shape index (κ3) is 4.41. The van der Waals surface area contributed by atoms with Crippen molar-refractivity contribution in [3.63, 3.8) is 0 Å². The first-order chi connectivity index (χ1) is 15.0. The maximum atomic E-state index is 12.8. The number of anilines is 1. The summed E-state index contributed by atoms with van der Waals surface area (Å²) in [4.78, 5) is 30.4. The van der Waals surface area contributed by atoms with E-state index >= 15 is 0 Å². The summed E-state index contributed by atoms with van der Waals surface area (Å²) in [5.41, 5.74) is 5.19. The van der Waals surface area contributed by atoms with E-state index in [0.29, 0.717) is 24.2 Å². The van der Waals surface area contributed by atoms with Crippen LogP contribution in [0.4, 0.5) is 5.69 Å². The number of H-pyrrole nitrogens is 1. The number of aliphatic hydroxyl groups excluding tert-OH is 1. The fraction of sp³-hybridized carbons (Fsp3) is 0.391. The number of aromatic amines is 1. The highest BCUT2D eigenvalue weighted by Crippen LogP contribution is 2.33. The SMILES string of the molecule is Cc1[nH]c(/C=C2\C(=O)Nc3ccccc32)c(C)c1C(=O)NCCCN1CCCNC1O. The lowest BCUT2D eigenvalue weighted by atomic mass is 10.0. The molecular weight excluding hydrogens is 394 g/mol. The predicted molar refractivity (Wildman–Crippen MR) is 120 cm³/mol. The number of carbonyl (C=O) groups excluding carboxylic acids is 2. The van der Waals surface area contributed by atoms with Crippen LogP contribution in [-0.4, -0.2) is 59.3 Å². The Morgan fingerprint density at radius 3 is 2.94 bits per heavy atom. The van der Waals surface area contributed by atoms with Gasteiger partial charge in [0.05, 0.1) is 11.1 Å². The molecule has 1 saturated heterocycles. The molecule has 2 amide bonds. The predicted octanol–water partition coefficient (Wildman–Crippen LogP) is 1.82. The summed E-state index contributed by atoms with van der Waals surface area (Å²) >= 11 is 0. The van der Waals surface area contributed by atoms with Gasteiger partial charge in [-0.1, -0.05) is 18.2 Å². The van der Waals surface area contributed by atoms with Crippen molar-refractivity contribution in [2.24, 2.45) is 0 Å². The molecule has 2 aliphatic rings. The molecule has 1 unspecified atom stereocenters. The Labute approximate surface area is 181 Å². The van der Waals surface area contributed by atoms with Gasteiger partial charge in [0, 0.05) is 42.3 Å². The van der Waals surface area contributed by atoms with Crippen molar-refractivity contribution in [2.45, 2.75) is 33.0 Å². The zero-order chi connectivity index (χ0) is 22.0. The van der Waals surface area contributed by atoms with E-state index in [0.717, 1.165) is 54.1 Å². The molecule has 8 nitrogen and oxygen atoms in total. The maximum Gasteiger partial charge on any atom is 0.256 e. The molecule has 3 heterocycles. The summed E-state index contributed by atoms with van der Waals surface area (Å²) < 4.78 is 0. The molecule has 1 atom stereocenters. The molecule has 1 aromatic carbocycles. The number of aliphatic hydroxyl groups is 1. The third-order valence-corrected chi connectivity index (χ3v) is 5.90. The first-order valence-electron chi connectivity index (χ1n) is 10.7. The van der Waals surface area contributed by atoms with E-state index < -0.39 is 6.35 Å². The van der Waals surface area contributed by atoms with Gasteiger partial charge in [-0.15, -0.1) is 0 Å². The minimum absolute atomic E-state index is 0.135. The van der Waals surface area contributed by atoms with Gasteiger partial charge in [-0.3, -0.25) is 19.8 Å². The Balaban J connectivity index is 1.42. The van der Waals surface area contributed by atoms with Gasteiger partial charge in [-0.25, -0.2) is 0 Å². The molecule has 5 N–H and O–H groups in total. The number of carbonyl (C=O) groups is 2. The van der Waals surface area contributed by atoms with Crippen LogP contribution in [0.1, 0.15) is 45.7 Å². The number of amides is 2. The molecule has 0 bridgehead atoms. The second-order valence-electron chi connectivity index (χ2n) is 8.05. The molecule has 0 aliphatic carbocycles. The molecule has 1 fully saturated rings. The van der Waals surface area contributed by atoms with Crippen LogP contribution in [0.15, 0.2) is 24.3 Å². The molecule has 0 saturated carbocycles. The average Bonchev–Trinajstić information content (AvgIpc) is 3.22. The van der Waals surface area contributed by atoms with Gasteiger partial charge in [-0.2, -0.15) is 0 Å². The molecule has 0 radical (unpaired) electrons. The van der Waals surface area contributed by atoms with Crippen LogP contribution < -0.4 is 16.0 Å². The Bertz CT molecular complexity index is 1030. The van der Waals surface area contributed by atoms with Crippen LogP contribution in [0.2, 0.25) is 0 Å². The molecule has 0 spiro atoms. The second kappa shape index (κ2) is 9.05. The largest absolute Gasteiger partial charge is 0.365 e. The Kier molecular flexibility index (Phi) is 6.22. The van der Waals surface area contributed by atoms with Crippen LogP contribution in [0.3, 0.4) is 0 Å². The molecule has 2 aliphatic heterocycles. The van der Waals surface area contributed by atoms with Gasteiger partial charge in [0.25, 0.3) is 11.8 Å². The summed E-state index contributed by atoms with van der Waals surface area (Å²) in [7, 11) is 0. The van der Waals surface area contributed by atoms with Crippen molar-refractivity contribution in [2.75, 3.05) is 31.5 Å². The van der Waals surface area contributed by atoms with E-state index in [4.69, 9.17) is 0 Å². The van der Waals surface area contributed by atoms with Crippen LogP contribution in [0.5, 0.6) is 0 Å². The standard InChI is InChI=1S/C23H29N5O3/c1-14-19(13-17-16-7-3-4-8-18(16)27-21(17)29)26-15(2)20(14)22(30)24-9-5-11-28-12-6-10-25-23(28)31/h3-4,7-8,13,23,25-26,31H,5-6,9-12H2,1-2H3,(H,24,30)(H,27,29)/b17-13-. The van der Waals surface area contributed by atoms with E-state index in [2.05, 4.69) is 20.9 Å². The van der Waals surface area contributed by atoms with Gasteiger partial charge < -0.3 is 20.7 Å². The lowest BCUT2D eigenvalue weighted by Gasteiger charge is -2.32. The summed E-state index contributed by atoms with van der Waals surface area (Å²) in [6.07, 6.45) is 2.96. The number of nitrogens with zero attached hydrogens (tertiary/aromatic N) is 1. The van der Waals surface area contributed by atoms with Crippen molar-refractivity contribution in [3.8, 4) is 0 Å². The zero-order valence-corrected chi connectivity index (χ0v) is 17.9. The Morgan fingerprint density at radius 2 is 2.13 bits per heavy atom. The summed E-state index contributed by atoms with van der Waals surface area (Å²) in [6, 6.07) is 7.57. The van der Waals surface area contributed by atoms with E-state index in [1.807, 2.05) is 49.1 Å². The molecule has 1 aromatic heterocycles. The average molecular weight is 424 g/mol. The first-order valence-corrected chi connectivity index (χ1v) is 10.7. The van der Waals surface area contributed by atoms with Crippen molar-refractivity contribution < 1.29 is 14.7 Å². The van der Waals surface area contributed by atoms with Crippen LogP contribution in [0.25, 0.3) is 11.6 Å². The van der Waals surface area contributed by atoms with E-state index in [9.17, 15) is 14.7 Å². The van der Waals surface area contributed by atoms with Crippen molar-refractivity contribution in [1.29, 1.82) is 0 Å². The number of para-hydroxylation sites is 1. The minimum atomic E-state index is -0.605. The van der Waals surface area contributed by atoms with Gasteiger partial charge >= 0.3 is 0 Å². The van der Waals surface area contributed by atoms with E-state index in [1.54, 1.807) is 0 Å². The molecule has 4 rings (SSSR count). The normalized spacial score (nSPS) is 20.0. The molecular formula is C23H29N5O3. The topological polar surface area (TPSA) is 109 Å². The fourth-order valence-electron chi connectivity index (χ4n) is 4.26. The molecule has 2 aromatic rings. The smallest absolute Gasteiger partial charge is 0.256 e. The van der Waals surface area contributed by atoms with E-state index in [1.165, 1.54) is 0 Å². The number of nitrogens with one attached hydrogen (secondary N) is 4. The first kappa shape index (κ1) is 21.3. The molecule has 164 valence electrons. The number of fused-ring (bicyclic) bond motifs is 1. The number of hydrogen-bond acceptors (Lipinski definition) is 5. The summed E-state index contributed by atoms with van der Waals surface area (Å²) in [5.74, 6) is -0.280. The summed E-state index contributed by atoms with van der Waals surface area (Å²) in [5, 5.41) is 18.8. The van der Waals surface area contributed by atoms with Crippen LogP contribution in [0, 0.1) is 13.8 Å². The monoisotopic (exact) mass is 423 g/mol. The lowest BCUT2D eigenvalue weighted by Crippen LogP contribution is -2.51. The number of hydrogen-bond donors (Lipinski definition) is 5. The lowest BCUT2D eigenvalue weighted by molar-refractivity contribution is -0.110. The number of benzene rings is 1. The minimum Gasteiger partial charge on any atom is -0.365 e. The third-order valence-electron chi connectivity index (χ3n) is 5.90.